The van der Waals surface area contributed by atoms with Gasteiger partial charge in [0.05, 0.1) is 18.2 Å². The third-order valence-electron chi connectivity index (χ3n) is 3.46. The fraction of sp³-hybridized carbons (Fsp3) is 0.500. The first-order chi connectivity index (χ1) is 9.22. The Hall–Kier alpha value is -1.48. The Balaban J connectivity index is 1.96. The lowest BCUT2D eigenvalue weighted by atomic mass is 10.1. The van der Waals surface area contributed by atoms with E-state index in [1.807, 2.05) is 0 Å². The summed E-state index contributed by atoms with van der Waals surface area (Å²) in [5.41, 5.74) is 1.29. The van der Waals surface area contributed by atoms with Crippen molar-refractivity contribution in [3.63, 3.8) is 0 Å². The monoisotopic (exact) mass is 263 g/mol. The van der Waals surface area contributed by atoms with Crippen LogP contribution in [0.15, 0.2) is 18.2 Å². The van der Waals surface area contributed by atoms with Crippen molar-refractivity contribution in [2.24, 2.45) is 0 Å². The second-order valence-electron chi connectivity index (χ2n) is 4.75. The molecule has 0 amide bonds. The lowest BCUT2D eigenvalue weighted by molar-refractivity contribution is 0.108. The van der Waals surface area contributed by atoms with E-state index in [2.05, 4.69) is 15.9 Å². The zero-order valence-corrected chi connectivity index (χ0v) is 10.8. The van der Waals surface area contributed by atoms with E-state index >= 15 is 0 Å². The van der Waals surface area contributed by atoms with Gasteiger partial charge in [-0.15, -0.1) is 0 Å². The van der Waals surface area contributed by atoms with Crippen molar-refractivity contribution in [3.8, 4) is 6.07 Å². The molecule has 2 rings (SSSR count). The van der Waals surface area contributed by atoms with E-state index in [0.717, 1.165) is 31.7 Å². The van der Waals surface area contributed by atoms with E-state index in [9.17, 15) is 4.39 Å². The summed E-state index contributed by atoms with van der Waals surface area (Å²) in [5, 5.41) is 17.9. The Labute approximate surface area is 112 Å². The van der Waals surface area contributed by atoms with Crippen LogP contribution in [0.3, 0.4) is 0 Å². The topological polar surface area (TPSA) is 50.5 Å². The maximum atomic E-state index is 13.2. The first-order valence-corrected chi connectivity index (χ1v) is 6.47. The van der Waals surface area contributed by atoms with Gasteiger partial charge in [0, 0.05) is 39.3 Å². The summed E-state index contributed by atoms with van der Waals surface area (Å²) in [6, 6.07) is 6.40. The summed E-state index contributed by atoms with van der Waals surface area (Å²) < 4.78 is 13.2. The Kier molecular flexibility index (Phi) is 4.86. The number of hydrogen-bond acceptors (Lipinski definition) is 4. The number of nitriles is 1. The molecule has 0 radical (unpaired) electrons. The van der Waals surface area contributed by atoms with Crippen molar-refractivity contribution in [3.05, 3.63) is 35.1 Å². The van der Waals surface area contributed by atoms with Gasteiger partial charge in [0.15, 0.2) is 0 Å². The molecule has 1 N–H and O–H groups in total. The quantitative estimate of drug-likeness (QED) is 0.873. The molecule has 1 aromatic carbocycles. The van der Waals surface area contributed by atoms with Gasteiger partial charge in [-0.05, 0) is 23.8 Å². The number of halogens is 1. The molecule has 0 bridgehead atoms. The molecule has 5 heteroatoms. The van der Waals surface area contributed by atoms with E-state index in [1.54, 1.807) is 0 Å². The number of aliphatic hydroxyl groups is 1. The summed E-state index contributed by atoms with van der Waals surface area (Å²) in [4.78, 5) is 4.41. The van der Waals surface area contributed by atoms with Crippen LogP contribution >= 0.6 is 0 Å². The Morgan fingerprint density at radius 2 is 1.89 bits per heavy atom. The van der Waals surface area contributed by atoms with E-state index in [-0.39, 0.29) is 12.4 Å². The number of rotatable bonds is 4. The Bertz CT molecular complexity index is 464. The van der Waals surface area contributed by atoms with Gasteiger partial charge in [-0.2, -0.15) is 5.26 Å². The first-order valence-electron chi connectivity index (χ1n) is 6.47. The van der Waals surface area contributed by atoms with E-state index in [4.69, 9.17) is 10.4 Å². The number of benzene rings is 1. The van der Waals surface area contributed by atoms with Crippen molar-refractivity contribution >= 4 is 0 Å². The third kappa shape index (κ3) is 3.74. The molecule has 102 valence electrons. The second-order valence-corrected chi connectivity index (χ2v) is 4.75. The van der Waals surface area contributed by atoms with Crippen LogP contribution in [0.2, 0.25) is 0 Å². The van der Waals surface area contributed by atoms with Crippen molar-refractivity contribution in [1.82, 2.24) is 9.80 Å². The molecule has 1 heterocycles. The number of aliphatic hydroxyl groups excluding tert-OH is 1. The van der Waals surface area contributed by atoms with Crippen molar-refractivity contribution in [2.75, 3.05) is 39.3 Å². The molecule has 0 atom stereocenters. The van der Waals surface area contributed by atoms with Gasteiger partial charge in [-0.1, -0.05) is 0 Å². The first kappa shape index (κ1) is 13.9. The molecule has 1 aliphatic heterocycles. The highest BCUT2D eigenvalue weighted by Crippen LogP contribution is 2.14. The maximum Gasteiger partial charge on any atom is 0.123 e. The van der Waals surface area contributed by atoms with Gasteiger partial charge in [0.25, 0.3) is 0 Å². The van der Waals surface area contributed by atoms with Crippen LogP contribution in [0.25, 0.3) is 0 Å². The number of β-amino-alcohol motifs (C(OH)–C–C–N with tert-alkyl or cyclic N) is 1. The number of piperazine rings is 1. The predicted octanol–water partition coefficient (Wildman–Crippen LogP) is 0.807. The molecule has 1 aromatic rings. The molecular formula is C14H18FN3O. The molecule has 19 heavy (non-hydrogen) atoms. The van der Waals surface area contributed by atoms with E-state index < -0.39 is 0 Å². The molecule has 1 aliphatic rings. The summed E-state index contributed by atoms with van der Waals surface area (Å²) >= 11 is 0. The van der Waals surface area contributed by atoms with Crippen LogP contribution in [0, 0.1) is 17.1 Å². The summed E-state index contributed by atoms with van der Waals surface area (Å²) in [6.45, 7) is 5.05. The average molecular weight is 263 g/mol. The van der Waals surface area contributed by atoms with Crippen LogP contribution < -0.4 is 0 Å². The summed E-state index contributed by atoms with van der Waals surface area (Å²) in [6.07, 6.45) is 0. The summed E-state index contributed by atoms with van der Waals surface area (Å²) in [7, 11) is 0. The highest BCUT2D eigenvalue weighted by molar-refractivity contribution is 5.37. The van der Waals surface area contributed by atoms with Crippen molar-refractivity contribution < 1.29 is 9.50 Å². The predicted molar refractivity (Wildman–Crippen MR) is 69.9 cm³/mol. The fourth-order valence-corrected chi connectivity index (χ4v) is 2.36. The number of hydrogen-bond donors (Lipinski definition) is 1. The highest BCUT2D eigenvalue weighted by Gasteiger charge is 2.17. The third-order valence-corrected chi connectivity index (χ3v) is 3.46. The van der Waals surface area contributed by atoms with Gasteiger partial charge >= 0.3 is 0 Å². The molecule has 1 saturated heterocycles. The minimum absolute atomic E-state index is 0.183. The maximum absolute atomic E-state index is 13.2. The van der Waals surface area contributed by atoms with Crippen LogP contribution in [0.4, 0.5) is 4.39 Å². The van der Waals surface area contributed by atoms with Crippen LogP contribution in [-0.2, 0) is 6.54 Å². The molecule has 0 aliphatic carbocycles. The standard InChI is InChI=1S/C14H18FN3O/c15-14-2-1-12(10-16)13(9-14)11-18-5-3-17(4-6-18)7-8-19/h1-2,9,19H,3-8,11H2. The van der Waals surface area contributed by atoms with Gasteiger partial charge in [0.2, 0.25) is 0 Å². The zero-order valence-electron chi connectivity index (χ0n) is 10.8. The molecule has 0 aromatic heterocycles. The normalized spacial score (nSPS) is 17.3. The van der Waals surface area contributed by atoms with Gasteiger partial charge in [0.1, 0.15) is 5.82 Å². The average Bonchev–Trinajstić information content (AvgIpc) is 2.42. The van der Waals surface area contributed by atoms with E-state index in [1.165, 1.54) is 18.2 Å². The van der Waals surface area contributed by atoms with Gasteiger partial charge in [-0.25, -0.2) is 4.39 Å². The largest absolute Gasteiger partial charge is 0.395 e. The van der Waals surface area contributed by atoms with Crippen molar-refractivity contribution in [2.45, 2.75) is 6.54 Å². The van der Waals surface area contributed by atoms with Crippen LogP contribution in [0.5, 0.6) is 0 Å². The minimum Gasteiger partial charge on any atom is -0.395 e. The lowest BCUT2D eigenvalue weighted by Gasteiger charge is -2.34. The minimum atomic E-state index is -0.298. The highest BCUT2D eigenvalue weighted by atomic mass is 19.1. The van der Waals surface area contributed by atoms with E-state index in [0.29, 0.717) is 18.7 Å². The van der Waals surface area contributed by atoms with Crippen molar-refractivity contribution in [1.29, 1.82) is 5.26 Å². The molecule has 0 unspecified atom stereocenters. The van der Waals surface area contributed by atoms with Crippen LogP contribution in [0.1, 0.15) is 11.1 Å². The van der Waals surface area contributed by atoms with Gasteiger partial charge in [-0.3, -0.25) is 9.80 Å². The molecule has 0 saturated carbocycles. The number of nitrogens with zero attached hydrogens (tertiary/aromatic N) is 3. The molecule has 0 spiro atoms. The fourth-order valence-electron chi connectivity index (χ4n) is 2.36. The Morgan fingerprint density at radius 3 is 2.53 bits per heavy atom. The SMILES string of the molecule is N#Cc1ccc(F)cc1CN1CCN(CCO)CC1. The Morgan fingerprint density at radius 1 is 1.21 bits per heavy atom. The molecular weight excluding hydrogens is 245 g/mol. The van der Waals surface area contributed by atoms with Crippen LogP contribution in [-0.4, -0.2) is 54.2 Å². The lowest BCUT2D eigenvalue weighted by Crippen LogP contribution is -2.46. The second kappa shape index (κ2) is 6.62. The summed E-state index contributed by atoms with van der Waals surface area (Å²) in [5.74, 6) is -0.298. The molecule has 4 nitrogen and oxygen atoms in total. The smallest absolute Gasteiger partial charge is 0.123 e. The zero-order chi connectivity index (χ0) is 13.7. The van der Waals surface area contributed by atoms with Gasteiger partial charge < -0.3 is 5.11 Å². The molecule has 1 fully saturated rings.